The molecular weight excluding hydrogens is 669 g/mol. The molecule has 0 bridgehead atoms. The molecule has 0 aliphatic heterocycles. The molecular formula is C49H90O5. The van der Waals surface area contributed by atoms with Crippen molar-refractivity contribution in [3.05, 3.63) is 36.5 Å². The molecule has 0 aliphatic carbocycles. The maximum atomic E-state index is 12.7. The van der Waals surface area contributed by atoms with Crippen LogP contribution in [0.3, 0.4) is 0 Å². The van der Waals surface area contributed by atoms with Crippen LogP contribution in [0.2, 0.25) is 0 Å². The number of esters is 2. The summed E-state index contributed by atoms with van der Waals surface area (Å²) in [7, 11) is 0. The maximum absolute atomic E-state index is 12.7. The lowest BCUT2D eigenvalue weighted by molar-refractivity contribution is -0.163. The monoisotopic (exact) mass is 759 g/mol. The summed E-state index contributed by atoms with van der Waals surface area (Å²) < 4.78 is 17.3. The Bertz CT molecular complexity index is 862. The van der Waals surface area contributed by atoms with Crippen molar-refractivity contribution in [2.75, 3.05) is 19.8 Å². The second-order valence-electron chi connectivity index (χ2n) is 15.7. The number of carbonyl (C=O) groups is 2. The Morgan fingerprint density at radius 1 is 0.407 bits per heavy atom. The van der Waals surface area contributed by atoms with E-state index in [1.165, 1.54) is 135 Å². The van der Waals surface area contributed by atoms with Crippen LogP contribution in [0.15, 0.2) is 36.5 Å². The third kappa shape index (κ3) is 42.9. The highest BCUT2D eigenvalue weighted by Crippen LogP contribution is 2.13. The molecule has 0 radical (unpaired) electrons. The van der Waals surface area contributed by atoms with Crippen LogP contribution in [0.4, 0.5) is 0 Å². The molecule has 0 rings (SSSR count). The molecule has 0 saturated carbocycles. The lowest BCUT2D eigenvalue weighted by Gasteiger charge is -2.18. The largest absolute Gasteiger partial charge is 0.462 e. The average Bonchev–Trinajstić information content (AvgIpc) is 3.17. The van der Waals surface area contributed by atoms with Gasteiger partial charge in [-0.25, -0.2) is 0 Å². The Morgan fingerprint density at radius 2 is 0.778 bits per heavy atom. The summed E-state index contributed by atoms with van der Waals surface area (Å²) in [6.45, 7) is 7.78. The van der Waals surface area contributed by atoms with E-state index < -0.39 is 6.10 Å². The van der Waals surface area contributed by atoms with Crippen LogP contribution in [0.1, 0.15) is 239 Å². The van der Waals surface area contributed by atoms with Crippen molar-refractivity contribution in [2.24, 2.45) is 0 Å². The molecule has 0 aliphatic rings. The molecule has 0 N–H and O–H groups in total. The number of carbonyl (C=O) groups excluding carboxylic acids is 2. The molecule has 0 aromatic rings. The SMILES string of the molecule is CCCCC/C=C\C/C=C\CCCCCCCC(=O)OCC(COCCCCCCCCCC)OC(=O)CCCCCCC/C=C\CCCCCCCC. The molecule has 5 nitrogen and oxygen atoms in total. The standard InChI is InChI=1S/C49H90O5/c1-4-7-10-13-16-19-21-23-25-27-29-31-33-36-39-42-48(50)53-46-47(45-52-44-41-38-35-18-15-12-9-6-3)54-49(51)43-40-37-34-32-30-28-26-24-22-20-17-14-11-8-5-2/h16,19,23-26,47H,4-15,17-18,20-22,27-46H2,1-3H3/b19-16-,25-23-,26-24-. The quantitative estimate of drug-likeness (QED) is 0.0352. The summed E-state index contributed by atoms with van der Waals surface area (Å²) >= 11 is 0. The first kappa shape index (κ1) is 52.1. The first-order valence-corrected chi connectivity index (χ1v) is 23.5. The maximum Gasteiger partial charge on any atom is 0.306 e. The zero-order valence-electron chi connectivity index (χ0n) is 36.2. The molecule has 0 aromatic heterocycles. The Kier molecular flexibility index (Phi) is 43.9. The van der Waals surface area contributed by atoms with Crippen molar-refractivity contribution >= 4 is 11.9 Å². The van der Waals surface area contributed by atoms with Crippen molar-refractivity contribution in [1.29, 1.82) is 0 Å². The Balaban J connectivity index is 4.21. The van der Waals surface area contributed by atoms with E-state index in [4.69, 9.17) is 14.2 Å². The lowest BCUT2D eigenvalue weighted by atomic mass is 10.1. The molecule has 0 fully saturated rings. The van der Waals surface area contributed by atoms with E-state index in [1.54, 1.807) is 0 Å². The van der Waals surface area contributed by atoms with Gasteiger partial charge in [0.1, 0.15) is 6.61 Å². The molecule has 0 heterocycles. The number of unbranched alkanes of at least 4 members (excludes halogenated alkanes) is 26. The summed E-state index contributed by atoms with van der Waals surface area (Å²) in [6, 6.07) is 0. The molecule has 316 valence electrons. The van der Waals surface area contributed by atoms with Gasteiger partial charge in [0, 0.05) is 19.4 Å². The molecule has 1 atom stereocenters. The molecule has 0 aromatic carbocycles. The van der Waals surface area contributed by atoms with Crippen molar-refractivity contribution in [3.63, 3.8) is 0 Å². The van der Waals surface area contributed by atoms with Gasteiger partial charge in [0.15, 0.2) is 6.10 Å². The van der Waals surface area contributed by atoms with E-state index in [9.17, 15) is 9.59 Å². The molecule has 0 spiro atoms. The van der Waals surface area contributed by atoms with Crippen LogP contribution in [0.5, 0.6) is 0 Å². The van der Waals surface area contributed by atoms with Gasteiger partial charge in [0.05, 0.1) is 6.61 Å². The van der Waals surface area contributed by atoms with Gasteiger partial charge in [-0.1, -0.05) is 186 Å². The van der Waals surface area contributed by atoms with Gasteiger partial charge in [-0.2, -0.15) is 0 Å². The normalized spacial score (nSPS) is 12.4. The number of hydrogen-bond donors (Lipinski definition) is 0. The first-order chi connectivity index (χ1) is 26.6. The zero-order valence-corrected chi connectivity index (χ0v) is 36.2. The highest BCUT2D eigenvalue weighted by atomic mass is 16.6. The van der Waals surface area contributed by atoms with E-state index in [0.717, 1.165) is 70.6 Å². The third-order valence-electron chi connectivity index (χ3n) is 10.1. The van der Waals surface area contributed by atoms with Crippen LogP contribution >= 0.6 is 0 Å². The van der Waals surface area contributed by atoms with Gasteiger partial charge in [0.25, 0.3) is 0 Å². The van der Waals surface area contributed by atoms with Crippen molar-refractivity contribution in [1.82, 2.24) is 0 Å². The van der Waals surface area contributed by atoms with Crippen molar-refractivity contribution in [3.8, 4) is 0 Å². The number of allylic oxidation sites excluding steroid dienone is 6. The summed E-state index contributed by atoms with van der Waals surface area (Å²) in [4.78, 5) is 25.2. The van der Waals surface area contributed by atoms with Gasteiger partial charge in [0.2, 0.25) is 0 Å². The third-order valence-corrected chi connectivity index (χ3v) is 10.1. The molecule has 5 heteroatoms. The lowest BCUT2D eigenvalue weighted by Crippen LogP contribution is -2.30. The predicted molar refractivity (Wildman–Crippen MR) is 233 cm³/mol. The van der Waals surface area contributed by atoms with E-state index in [1.807, 2.05) is 0 Å². The minimum atomic E-state index is -0.539. The molecule has 0 amide bonds. The topological polar surface area (TPSA) is 61.8 Å². The smallest absolute Gasteiger partial charge is 0.306 e. The Morgan fingerprint density at radius 3 is 1.28 bits per heavy atom. The summed E-state index contributed by atoms with van der Waals surface area (Å²) in [5.74, 6) is -0.417. The zero-order chi connectivity index (χ0) is 39.3. The van der Waals surface area contributed by atoms with Crippen LogP contribution in [-0.2, 0) is 23.8 Å². The van der Waals surface area contributed by atoms with E-state index in [0.29, 0.717) is 19.4 Å². The second-order valence-corrected chi connectivity index (χ2v) is 15.7. The van der Waals surface area contributed by atoms with Gasteiger partial charge in [-0.05, 0) is 77.0 Å². The number of rotatable bonds is 43. The minimum absolute atomic E-state index is 0.0780. The Hall–Kier alpha value is -1.88. The van der Waals surface area contributed by atoms with E-state index in [-0.39, 0.29) is 25.2 Å². The molecule has 0 saturated heterocycles. The number of ether oxygens (including phenoxy) is 3. The predicted octanol–water partition coefficient (Wildman–Crippen LogP) is 15.4. The average molecular weight is 759 g/mol. The summed E-state index contributed by atoms with van der Waals surface area (Å²) in [5.41, 5.74) is 0. The van der Waals surface area contributed by atoms with Crippen molar-refractivity contribution < 1.29 is 23.8 Å². The summed E-state index contributed by atoms with van der Waals surface area (Å²) in [6.07, 6.45) is 52.8. The highest BCUT2D eigenvalue weighted by Gasteiger charge is 2.17. The van der Waals surface area contributed by atoms with E-state index in [2.05, 4.69) is 57.2 Å². The molecule has 54 heavy (non-hydrogen) atoms. The fourth-order valence-corrected chi connectivity index (χ4v) is 6.59. The van der Waals surface area contributed by atoms with Crippen molar-refractivity contribution in [2.45, 2.75) is 245 Å². The molecule has 1 unspecified atom stereocenters. The number of hydrogen-bond acceptors (Lipinski definition) is 5. The fraction of sp³-hybridized carbons (Fsp3) is 0.837. The van der Waals surface area contributed by atoms with Crippen LogP contribution in [-0.4, -0.2) is 37.9 Å². The first-order valence-electron chi connectivity index (χ1n) is 23.5. The van der Waals surface area contributed by atoms with Crippen LogP contribution in [0, 0.1) is 0 Å². The van der Waals surface area contributed by atoms with Crippen LogP contribution in [0.25, 0.3) is 0 Å². The Labute approximate surface area is 336 Å². The fourth-order valence-electron chi connectivity index (χ4n) is 6.59. The van der Waals surface area contributed by atoms with Gasteiger partial charge in [-0.15, -0.1) is 0 Å². The van der Waals surface area contributed by atoms with Crippen LogP contribution < -0.4 is 0 Å². The van der Waals surface area contributed by atoms with Gasteiger partial charge >= 0.3 is 11.9 Å². The van der Waals surface area contributed by atoms with Gasteiger partial charge < -0.3 is 14.2 Å². The second kappa shape index (κ2) is 45.5. The minimum Gasteiger partial charge on any atom is -0.462 e. The summed E-state index contributed by atoms with van der Waals surface area (Å²) in [5, 5.41) is 0. The van der Waals surface area contributed by atoms with E-state index >= 15 is 0 Å². The van der Waals surface area contributed by atoms with Gasteiger partial charge in [-0.3, -0.25) is 9.59 Å². The highest BCUT2D eigenvalue weighted by molar-refractivity contribution is 5.70.